The molecule has 0 spiro atoms. The Morgan fingerprint density at radius 1 is 1.35 bits per heavy atom. The molecule has 1 aromatic rings. The number of aliphatic hydroxyl groups is 1. The number of benzene rings is 1. The molecule has 1 N–H and O–H groups in total. The van der Waals surface area contributed by atoms with Crippen LogP contribution in [-0.2, 0) is 9.47 Å². The predicted octanol–water partition coefficient (Wildman–Crippen LogP) is 2.69. The largest absolute Gasteiger partial charge is 0.491 e. The van der Waals surface area contributed by atoms with Crippen molar-refractivity contribution in [2.24, 2.45) is 0 Å². The zero-order chi connectivity index (χ0) is 14.4. The second kappa shape index (κ2) is 7.98. The van der Waals surface area contributed by atoms with E-state index in [1.165, 1.54) is 0 Å². The molecule has 0 radical (unpaired) electrons. The van der Waals surface area contributed by atoms with Crippen LogP contribution in [0.5, 0.6) is 5.75 Å². The van der Waals surface area contributed by atoms with E-state index in [4.69, 9.17) is 14.2 Å². The molecule has 1 aliphatic rings. The molecule has 0 bridgehead atoms. The van der Waals surface area contributed by atoms with Crippen LogP contribution in [0.1, 0.15) is 18.4 Å². The molecule has 20 heavy (non-hydrogen) atoms. The highest BCUT2D eigenvalue weighted by atomic mass is 79.9. The lowest BCUT2D eigenvalue weighted by Gasteiger charge is -2.23. The van der Waals surface area contributed by atoms with Crippen LogP contribution in [0.4, 0.5) is 0 Å². The van der Waals surface area contributed by atoms with Crippen molar-refractivity contribution in [1.82, 2.24) is 0 Å². The molecular weight excluding hydrogens is 324 g/mol. The average molecular weight is 345 g/mol. The standard InChI is InChI=1S/C15H21BrO4/c1-11-8-12(16)2-3-15(11)20-10-13(17)9-19-14-4-6-18-7-5-14/h2-3,8,13-14,17H,4-7,9-10H2,1H3/t13-/m0/s1. The molecule has 1 heterocycles. The summed E-state index contributed by atoms with van der Waals surface area (Å²) in [6.45, 7) is 4.02. The van der Waals surface area contributed by atoms with Gasteiger partial charge in [-0.25, -0.2) is 0 Å². The van der Waals surface area contributed by atoms with Gasteiger partial charge in [0.25, 0.3) is 0 Å². The van der Waals surface area contributed by atoms with Crippen molar-refractivity contribution in [3.8, 4) is 5.75 Å². The molecule has 0 aliphatic carbocycles. The van der Waals surface area contributed by atoms with E-state index in [9.17, 15) is 5.11 Å². The van der Waals surface area contributed by atoms with E-state index in [0.717, 1.165) is 41.8 Å². The zero-order valence-electron chi connectivity index (χ0n) is 11.7. The lowest BCUT2D eigenvalue weighted by Crippen LogP contribution is -2.30. The van der Waals surface area contributed by atoms with Gasteiger partial charge < -0.3 is 19.3 Å². The first kappa shape index (κ1) is 15.8. The maximum absolute atomic E-state index is 9.90. The number of aryl methyl sites for hydroxylation is 1. The third kappa shape index (κ3) is 5.05. The first-order valence-electron chi connectivity index (χ1n) is 6.91. The zero-order valence-corrected chi connectivity index (χ0v) is 13.3. The Morgan fingerprint density at radius 2 is 2.10 bits per heavy atom. The predicted molar refractivity (Wildman–Crippen MR) is 80.2 cm³/mol. The van der Waals surface area contributed by atoms with E-state index < -0.39 is 6.10 Å². The van der Waals surface area contributed by atoms with Crippen LogP contribution in [0.2, 0.25) is 0 Å². The van der Waals surface area contributed by atoms with Crippen LogP contribution in [-0.4, -0.2) is 43.7 Å². The topological polar surface area (TPSA) is 47.9 Å². The van der Waals surface area contributed by atoms with Gasteiger partial charge in [-0.2, -0.15) is 0 Å². The van der Waals surface area contributed by atoms with Crippen molar-refractivity contribution in [1.29, 1.82) is 0 Å². The van der Waals surface area contributed by atoms with Crippen molar-refractivity contribution in [3.63, 3.8) is 0 Å². The Morgan fingerprint density at radius 3 is 2.80 bits per heavy atom. The molecule has 0 saturated carbocycles. The monoisotopic (exact) mass is 344 g/mol. The first-order chi connectivity index (χ1) is 9.65. The summed E-state index contributed by atoms with van der Waals surface area (Å²) in [5.74, 6) is 0.790. The molecule has 2 rings (SSSR count). The van der Waals surface area contributed by atoms with E-state index in [2.05, 4.69) is 15.9 Å². The van der Waals surface area contributed by atoms with E-state index in [0.29, 0.717) is 6.61 Å². The molecule has 1 aliphatic heterocycles. The van der Waals surface area contributed by atoms with Gasteiger partial charge in [-0.1, -0.05) is 15.9 Å². The van der Waals surface area contributed by atoms with Crippen LogP contribution in [0, 0.1) is 6.92 Å². The van der Waals surface area contributed by atoms with Crippen molar-refractivity contribution in [2.45, 2.75) is 32.0 Å². The summed E-state index contributed by atoms with van der Waals surface area (Å²) >= 11 is 3.41. The van der Waals surface area contributed by atoms with E-state index in [1.807, 2.05) is 25.1 Å². The van der Waals surface area contributed by atoms with Gasteiger partial charge in [0.15, 0.2) is 0 Å². The smallest absolute Gasteiger partial charge is 0.122 e. The SMILES string of the molecule is Cc1cc(Br)ccc1OC[C@@H](O)COC1CCOCC1. The van der Waals surface area contributed by atoms with Crippen LogP contribution in [0.25, 0.3) is 0 Å². The van der Waals surface area contributed by atoms with Crippen molar-refractivity contribution < 1.29 is 19.3 Å². The Hall–Kier alpha value is -0.620. The minimum absolute atomic E-state index is 0.202. The van der Waals surface area contributed by atoms with Crippen LogP contribution in [0.3, 0.4) is 0 Å². The van der Waals surface area contributed by atoms with E-state index in [-0.39, 0.29) is 12.7 Å². The molecule has 1 aromatic carbocycles. The molecule has 1 fully saturated rings. The van der Waals surface area contributed by atoms with Gasteiger partial charge in [-0.05, 0) is 43.5 Å². The van der Waals surface area contributed by atoms with Gasteiger partial charge in [-0.3, -0.25) is 0 Å². The minimum Gasteiger partial charge on any atom is -0.491 e. The maximum atomic E-state index is 9.90. The van der Waals surface area contributed by atoms with Gasteiger partial charge in [0.1, 0.15) is 18.5 Å². The van der Waals surface area contributed by atoms with Crippen molar-refractivity contribution in [2.75, 3.05) is 26.4 Å². The number of rotatable bonds is 6. The summed E-state index contributed by atoms with van der Waals surface area (Å²) in [6, 6.07) is 5.80. The highest BCUT2D eigenvalue weighted by Crippen LogP contribution is 2.22. The quantitative estimate of drug-likeness (QED) is 0.861. The average Bonchev–Trinajstić information content (AvgIpc) is 2.45. The molecule has 0 unspecified atom stereocenters. The second-order valence-electron chi connectivity index (χ2n) is 5.02. The molecule has 0 amide bonds. The fraction of sp³-hybridized carbons (Fsp3) is 0.600. The summed E-state index contributed by atoms with van der Waals surface area (Å²) in [5, 5.41) is 9.90. The third-order valence-corrected chi connectivity index (χ3v) is 3.75. The summed E-state index contributed by atoms with van der Waals surface area (Å²) in [6.07, 6.45) is 1.40. The number of ether oxygens (including phenoxy) is 3. The Balaban J connectivity index is 1.70. The van der Waals surface area contributed by atoms with E-state index >= 15 is 0 Å². The van der Waals surface area contributed by atoms with Gasteiger partial charge in [0.2, 0.25) is 0 Å². The highest BCUT2D eigenvalue weighted by Gasteiger charge is 2.16. The maximum Gasteiger partial charge on any atom is 0.122 e. The summed E-state index contributed by atoms with van der Waals surface area (Å²) < 4.78 is 17.6. The minimum atomic E-state index is -0.610. The summed E-state index contributed by atoms with van der Waals surface area (Å²) in [7, 11) is 0. The Kier molecular flexibility index (Phi) is 6.29. The summed E-state index contributed by atoms with van der Waals surface area (Å²) in [5.41, 5.74) is 1.04. The fourth-order valence-corrected chi connectivity index (χ4v) is 2.57. The van der Waals surface area contributed by atoms with Crippen LogP contribution >= 0.6 is 15.9 Å². The van der Waals surface area contributed by atoms with Crippen LogP contribution < -0.4 is 4.74 Å². The molecule has 0 aromatic heterocycles. The van der Waals surface area contributed by atoms with Gasteiger partial charge in [-0.15, -0.1) is 0 Å². The van der Waals surface area contributed by atoms with Crippen LogP contribution in [0.15, 0.2) is 22.7 Å². The number of hydrogen-bond acceptors (Lipinski definition) is 4. The van der Waals surface area contributed by atoms with Gasteiger partial charge in [0.05, 0.1) is 12.7 Å². The first-order valence-corrected chi connectivity index (χ1v) is 7.71. The Bertz CT molecular complexity index is 418. The molecule has 5 heteroatoms. The molecule has 1 atom stereocenters. The third-order valence-electron chi connectivity index (χ3n) is 3.26. The number of halogens is 1. The lowest BCUT2D eigenvalue weighted by atomic mass is 10.1. The molecular formula is C15H21BrO4. The van der Waals surface area contributed by atoms with E-state index in [1.54, 1.807) is 0 Å². The fourth-order valence-electron chi connectivity index (χ4n) is 2.10. The Labute approximate surface area is 128 Å². The normalized spacial score (nSPS) is 17.9. The van der Waals surface area contributed by atoms with Gasteiger partial charge >= 0.3 is 0 Å². The molecule has 112 valence electrons. The van der Waals surface area contributed by atoms with Crippen molar-refractivity contribution in [3.05, 3.63) is 28.2 Å². The molecule has 1 saturated heterocycles. The summed E-state index contributed by atoms with van der Waals surface area (Å²) in [4.78, 5) is 0. The highest BCUT2D eigenvalue weighted by molar-refractivity contribution is 9.10. The van der Waals surface area contributed by atoms with Gasteiger partial charge in [0, 0.05) is 17.7 Å². The second-order valence-corrected chi connectivity index (χ2v) is 5.94. The molecule has 4 nitrogen and oxygen atoms in total. The lowest BCUT2D eigenvalue weighted by molar-refractivity contribution is -0.0659. The number of hydrogen-bond donors (Lipinski definition) is 1. The van der Waals surface area contributed by atoms with Crippen molar-refractivity contribution >= 4 is 15.9 Å². The number of aliphatic hydroxyl groups excluding tert-OH is 1.